The van der Waals surface area contributed by atoms with E-state index in [0.717, 1.165) is 0 Å². The Hall–Kier alpha value is -1.63. The van der Waals surface area contributed by atoms with Crippen molar-refractivity contribution in [3.63, 3.8) is 0 Å². The predicted octanol–water partition coefficient (Wildman–Crippen LogP) is 0.291. The van der Waals surface area contributed by atoms with Gasteiger partial charge in [-0.15, -0.1) is 0 Å². The summed E-state index contributed by atoms with van der Waals surface area (Å²) in [5.41, 5.74) is -0.195. The Morgan fingerprint density at radius 2 is 2.04 bits per heavy atom. The molecule has 2 N–H and O–H groups in total. The molecular formula is C16H29N3O4. The molecule has 0 bridgehead atoms. The van der Waals surface area contributed by atoms with Gasteiger partial charge in [0.2, 0.25) is 11.8 Å². The number of carbonyl (C=O) groups excluding carboxylic acids is 3. The van der Waals surface area contributed by atoms with Crippen molar-refractivity contribution in [2.75, 3.05) is 26.2 Å². The molecule has 7 heteroatoms. The molecule has 2 amide bonds. The summed E-state index contributed by atoms with van der Waals surface area (Å²) in [6, 6.07) is -0.794. The van der Waals surface area contributed by atoms with E-state index in [2.05, 4.69) is 10.6 Å². The van der Waals surface area contributed by atoms with Gasteiger partial charge in [0.05, 0.1) is 19.6 Å². The van der Waals surface area contributed by atoms with Crippen molar-refractivity contribution >= 4 is 17.8 Å². The van der Waals surface area contributed by atoms with Gasteiger partial charge in [-0.2, -0.15) is 0 Å². The van der Waals surface area contributed by atoms with E-state index in [0.29, 0.717) is 19.7 Å². The van der Waals surface area contributed by atoms with E-state index in [1.807, 2.05) is 34.6 Å². The molecule has 1 heterocycles. The van der Waals surface area contributed by atoms with Gasteiger partial charge in [-0.3, -0.25) is 14.4 Å². The first-order valence-corrected chi connectivity index (χ1v) is 8.08. The second-order valence-electron chi connectivity index (χ2n) is 7.28. The fourth-order valence-electron chi connectivity index (χ4n) is 2.13. The maximum absolute atomic E-state index is 12.4. The first kappa shape index (κ1) is 19.4. The number of hydrogen-bond acceptors (Lipinski definition) is 5. The molecule has 0 aromatic rings. The number of ether oxygens (including phenoxy) is 1. The van der Waals surface area contributed by atoms with Crippen LogP contribution >= 0.6 is 0 Å². The molecule has 1 saturated heterocycles. The number of carbonyl (C=O) groups is 3. The van der Waals surface area contributed by atoms with Crippen LogP contribution in [0.2, 0.25) is 0 Å². The van der Waals surface area contributed by atoms with Crippen LogP contribution in [0.1, 0.15) is 41.0 Å². The summed E-state index contributed by atoms with van der Waals surface area (Å²) >= 11 is 0. The van der Waals surface area contributed by atoms with Crippen molar-refractivity contribution in [2.45, 2.75) is 52.6 Å². The van der Waals surface area contributed by atoms with Crippen molar-refractivity contribution < 1.29 is 19.1 Å². The van der Waals surface area contributed by atoms with E-state index in [-0.39, 0.29) is 36.2 Å². The third kappa shape index (κ3) is 6.99. The van der Waals surface area contributed by atoms with Gasteiger partial charge in [-0.05, 0) is 26.7 Å². The molecule has 1 atom stereocenters. The zero-order chi connectivity index (χ0) is 17.6. The van der Waals surface area contributed by atoms with E-state index < -0.39 is 12.0 Å². The lowest BCUT2D eigenvalue weighted by molar-refractivity contribution is -0.152. The number of esters is 1. The van der Waals surface area contributed by atoms with Gasteiger partial charge in [0.25, 0.3) is 0 Å². The van der Waals surface area contributed by atoms with Gasteiger partial charge in [-0.25, -0.2) is 0 Å². The molecule has 7 nitrogen and oxygen atoms in total. The summed E-state index contributed by atoms with van der Waals surface area (Å²) < 4.78 is 5.12. The van der Waals surface area contributed by atoms with Crippen LogP contribution in [0.5, 0.6) is 0 Å². The van der Waals surface area contributed by atoms with Crippen molar-refractivity contribution in [2.24, 2.45) is 5.92 Å². The third-order valence-electron chi connectivity index (χ3n) is 3.36. The molecule has 0 aromatic heterocycles. The predicted molar refractivity (Wildman–Crippen MR) is 86.7 cm³/mol. The highest BCUT2D eigenvalue weighted by Gasteiger charge is 2.35. The molecule has 0 aliphatic carbocycles. The molecule has 23 heavy (non-hydrogen) atoms. The zero-order valence-corrected chi connectivity index (χ0v) is 14.8. The van der Waals surface area contributed by atoms with Crippen molar-refractivity contribution in [1.82, 2.24) is 15.5 Å². The van der Waals surface area contributed by atoms with Crippen LogP contribution in [0.4, 0.5) is 0 Å². The Morgan fingerprint density at radius 3 is 2.61 bits per heavy atom. The molecule has 0 aromatic carbocycles. The lowest BCUT2D eigenvalue weighted by Gasteiger charge is -2.35. The number of nitrogens with zero attached hydrogens (tertiary/aromatic N) is 1. The quantitative estimate of drug-likeness (QED) is 0.685. The Bertz CT molecular complexity index is 443. The highest BCUT2D eigenvalue weighted by Crippen LogP contribution is 2.11. The van der Waals surface area contributed by atoms with Crippen LogP contribution in [0.15, 0.2) is 0 Å². The molecule has 1 aliphatic rings. The van der Waals surface area contributed by atoms with Crippen LogP contribution in [-0.2, 0) is 19.1 Å². The van der Waals surface area contributed by atoms with Gasteiger partial charge < -0.3 is 20.3 Å². The Kier molecular flexibility index (Phi) is 7.00. The van der Waals surface area contributed by atoms with Gasteiger partial charge >= 0.3 is 5.97 Å². The average Bonchev–Trinajstić information content (AvgIpc) is 2.44. The van der Waals surface area contributed by atoms with Crippen LogP contribution in [0.3, 0.4) is 0 Å². The maximum atomic E-state index is 12.4. The number of hydrogen-bond donors (Lipinski definition) is 2. The summed E-state index contributed by atoms with van der Waals surface area (Å²) in [5, 5.41) is 5.81. The molecule has 0 saturated carbocycles. The lowest BCUT2D eigenvalue weighted by atomic mass is 10.1. The third-order valence-corrected chi connectivity index (χ3v) is 3.36. The average molecular weight is 327 g/mol. The molecule has 1 unspecified atom stereocenters. The highest BCUT2D eigenvalue weighted by atomic mass is 16.5. The Labute approximate surface area is 138 Å². The number of nitrogens with one attached hydrogen (secondary N) is 2. The minimum Gasteiger partial charge on any atom is -0.465 e. The smallest absolute Gasteiger partial charge is 0.308 e. The summed E-state index contributed by atoms with van der Waals surface area (Å²) in [7, 11) is 0. The van der Waals surface area contributed by atoms with E-state index in [4.69, 9.17) is 4.74 Å². The van der Waals surface area contributed by atoms with Gasteiger partial charge in [0, 0.05) is 18.6 Å². The Morgan fingerprint density at radius 1 is 1.39 bits per heavy atom. The second kappa shape index (κ2) is 8.29. The van der Waals surface area contributed by atoms with Crippen molar-refractivity contribution in [3.8, 4) is 0 Å². The van der Waals surface area contributed by atoms with Gasteiger partial charge in [0.15, 0.2) is 0 Å². The normalized spacial score (nSPS) is 18.8. The summed E-state index contributed by atoms with van der Waals surface area (Å²) in [6.07, 6.45) is -0.111. The van der Waals surface area contributed by atoms with Crippen LogP contribution in [0, 0.1) is 5.92 Å². The van der Waals surface area contributed by atoms with Crippen LogP contribution in [-0.4, -0.2) is 60.5 Å². The minimum absolute atomic E-state index is 0.111. The molecular weight excluding hydrogens is 298 g/mol. The lowest BCUT2D eigenvalue weighted by Crippen LogP contribution is -2.59. The largest absolute Gasteiger partial charge is 0.465 e. The number of piperazine rings is 1. The molecule has 1 rings (SSSR count). The maximum Gasteiger partial charge on any atom is 0.308 e. The van der Waals surface area contributed by atoms with Gasteiger partial charge in [0.1, 0.15) is 6.04 Å². The highest BCUT2D eigenvalue weighted by molar-refractivity contribution is 5.92. The molecule has 1 aliphatic heterocycles. The molecule has 0 radical (unpaired) electrons. The molecule has 132 valence electrons. The number of amides is 2. The van der Waals surface area contributed by atoms with Crippen molar-refractivity contribution in [3.05, 3.63) is 0 Å². The first-order chi connectivity index (χ1) is 10.6. The fourth-order valence-corrected chi connectivity index (χ4v) is 2.13. The second-order valence-corrected chi connectivity index (χ2v) is 7.28. The summed E-state index contributed by atoms with van der Waals surface area (Å²) in [4.78, 5) is 37.8. The van der Waals surface area contributed by atoms with E-state index >= 15 is 0 Å². The SMILES string of the molecule is CC(C)COC(=O)CC1C(=O)NCCN1C(=O)CNC(C)(C)C. The summed E-state index contributed by atoms with van der Waals surface area (Å²) in [5.74, 6) is -0.714. The number of rotatable bonds is 6. The molecule has 0 spiro atoms. The minimum atomic E-state index is -0.794. The summed E-state index contributed by atoms with van der Waals surface area (Å²) in [6.45, 7) is 11.0. The van der Waals surface area contributed by atoms with Crippen LogP contribution in [0.25, 0.3) is 0 Å². The first-order valence-electron chi connectivity index (χ1n) is 8.08. The standard InChI is InChI=1S/C16H29N3O4/c1-11(2)10-23-14(21)8-12-15(22)17-6-7-19(12)13(20)9-18-16(3,4)5/h11-12,18H,6-10H2,1-5H3,(H,17,22). The molecule has 1 fully saturated rings. The fraction of sp³-hybridized carbons (Fsp3) is 0.812. The monoisotopic (exact) mass is 327 g/mol. The van der Waals surface area contributed by atoms with E-state index in [1.54, 1.807) is 0 Å². The van der Waals surface area contributed by atoms with Crippen molar-refractivity contribution in [1.29, 1.82) is 0 Å². The topological polar surface area (TPSA) is 87.7 Å². The van der Waals surface area contributed by atoms with E-state index in [1.165, 1.54) is 4.90 Å². The zero-order valence-electron chi connectivity index (χ0n) is 14.8. The van der Waals surface area contributed by atoms with E-state index in [9.17, 15) is 14.4 Å². The van der Waals surface area contributed by atoms with Crippen LogP contribution < -0.4 is 10.6 Å². The van der Waals surface area contributed by atoms with Gasteiger partial charge in [-0.1, -0.05) is 13.8 Å². The Balaban J connectivity index is 2.65.